The first-order chi connectivity index (χ1) is 9.25. The predicted molar refractivity (Wildman–Crippen MR) is 76.2 cm³/mol. The van der Waals surface area contributed by atoms with Gasteiger partial charge in [-0.3, -0.25) is 4.90 Å². The molecule has 104 valence electrons. The van der Waals surface area contributed by atoms with Crippen molar-refractivity contribution < 1.29 is 4.39 Å². The third-order valence-electron chi connectivity index (χ3n) is 4.84. The van der Waals surface area contributed by atoms with Crippen LogP contribution in [0.15, 0.2) is 18.2 Å². The molecule has 2 atom stereocenters. The smallest absolute Gasteiger partial charge is 0.150 e. The first-order valence-electron chi connectivity index (χ1n) is 7.52. The molecular formula is C16H23FN2. The van der Waals surface area contributed by atoms with Gasteiger partial charge in [-0.05, 0) is 44.2 Å². The number of anilines is 1. The highest BCUT2D eigenvalue weighted by Crippen LogP contribution is 2.36. The number of piperidine rings is 1. The maximum atomic E-state index is 14.0. The van der Waals surface area contributed by atoms with E-state index in [1.807, 2.05) is 12.1 Å². The summed E-state index contributed by atoms with van der Waals surface area (Å²) < 4.78 is 14.0. The van der Waals surface area contributed by atoms with Gasteiger partial charge in [-0.2, -0.15) is 0 Å². The standard InChI is InChI=1S/C16H23FN2/c17-16-13(6-3-8-14(16)18)11-19-10-4-7-12-5-1-2-9-15(12)19/h3,6,8,12,15H,1-2,4-5,7,9-11,18H2. The zero-order valence-corrected chi connectivity index (χ0v) is 11.4. The van der Waals surface area contributed by atoms with Crippen molar-refractivity contribution in [2.75, 3.05) is 12.3 Å². The Bertz CT molecular complexity index is 444. The lowest BCUT2D eigenvalue weighted by Crippen LogP contribution is -2.46. The van der Waals surface area contributed by atoms with Gasteiger partial charge in [-0.25, -0.2) is 4.39 Å². The van der Waals surface area contributed by atoms with Crippen molar-refractivity contribution in [2.45, 2.75) is 51.1 Å². The molecule has 3 rings (SSSR count). The molecule has 2 fully saturated rings. The molecule has 1 saturated heterocycles. The SMILES string of the molecule is Nc1cccc(CN2CCCC3CCCCC32)c1F. The zero-order chi connectivity index (χ0) is 13.2. The summed E-state index contributed by atoms with van der Waals surface area (Å²) in [6, 6.07) is 6.04. The lowest BCUT2D eigenvalue weighted by atomic mass is 9.78. The summed E-state index contributed by atoms with van der Waals surface area (Å²) in [7, 11) is 0. The van der Waals surface area contributed by atoms with E-state index in [0.717, 1.165) is 24.6 Å². The van der Waals surface area contributed by atoms with Crippen LogP contribution in [0.3, 0.4) is 0 Å². The lowest BCUT2D eigenvalue weighted by Gasteiger charge is -2.44. The monoisotopic (exact) mass is 262 g/mol. The Hall–Kier alpha value is -1.09. The highest BCUT2D eigenvalue weighted by molar-refractivity contribution is 5.42. The fraction of sp³-hybridized carbons (Fsp3) is 0.625. The van der Waals surface area contributed by atoms with Crippen LogP contribution in [0.5, 0.6) is 0 Å². The maximum absolute atomic E-state index is 14.0. The Kier molecular flexibility index (Phi) is 3.74. The second-order valence-corrected chi connectivity index (χ2v) is 6.04. The molecule has 2 N–H and O–H groups in total. The van der Waals surface area contributed by atoms with Crippen molar-refractivity contribution in [3.05, 3.63) is 29.6 Å². The van der Waals surface area contributed by atoms with Crippen LogP contribution >= 0.6 is 0 Å². The minimum absolute atomic E-state index is 0.222. The molecule has 0 bridgehead atoms. The van der Waals surface area contributed by atoms with Crippen LogP contribution in [0.4, 0.5) is 10.1 Å². The van der Waals surface area contributed by atoms with E-state index in [2.05, 4.69) is 4.90 Å². The third-order valence-corrected chi connectivity index (χ3v) is 4.84. The first kappa shape index (κ1) is 12.9. The van der Waals surface area contributed by atoms with E-state index in [1.54, 1.807) is 6.07 Å². The Morgan fingerprint density at radius 1 is 1.16 bits per heavy atom. The van der Waals surface area contributed by atoms with Gasteiger partial charge in [0.05, 0.1) is 5.69 Å². The highest BCUT2D eigenvalue weighted by atomic mass is 19.1. The lowest BCUT2D eigenvalue weighted by molar-refractivity contribution is 0.0539. The van der Waals surface area contributed by atoms with Crippen LogP contribution < -0.4 is 5.73 Å². The van der Waals surface area contributed by atoms with Crippen LogP contribution in [0.2, 0.25) is 0 Å². The Morgan fingerprint density at radius 3 is 2.84 bits per heavy atom. The summed E-state index contributed by atoms with van der Waals surface area (Å²) in [5.41, 5.74) is 6.69. The molecule has 2 nitrogen and oxygen atoms in total. The van der Waals surface area contributed by atoms with Crippen LogP contribution in [0, 0.1) is 11.7 Å². The van der Waals surface area contributed by atoms with Crippen molar-refractivity contribution in [1.29, 1.82) is 0 Å². The zero-order valence-electron chi connectivity index (χ0n) is 11.4. The van der Waals surface area contributed by atoms with E-state index in [-0.39, 0.29) is 11.5 Å². The molecule has 1 aromatic rings. The summed E-state index contributed by atoms with van der Waals surface area (Å²) in [6.07, 6.45) is 7.97. The molecule has 0 amide bonds. The van der Waals surface area contributed by atoms with Crippen molar-refractivity contribution in [3.63, 3.8) is 0 Å². The number of fused-ring (bicyclic) bond motifs is 1. The molecule has 19 heavy (non-hydrogen) atoms. The largest absolute Gasteiger partial charge is 0.396 e. The molecule has 1 heterocycles. The second-order valence-electron chi connectivity index (χ2n) is 6.04. The minimum atomic E-state index is -0.222. The molecule has 2 unspecified atom stereocenters. The first-order valence-corrected chi connectivity index (χ1v) is 7.52. The number of nitrogens with zero attached hydrogens (tertiary/aromatic N) is 1. The number of likely N-dealkylation sites (tertiary alicyclic amines) is 1. The molecule has 2 aliphatic rings. The topological polar surface area (TPSA) is 29.3 Å². The van der Waals surface area contributed by atoms with Gasteiger partial charge in [0.2, 0.25) is 0 Å². The summed E-state index contributed by atoms with van der Waals surface area (Å²) in [4.78, 5) is 2.49. The van der Waals surface area contributed by atoms with E-state index in [0.29, 0.717) is 6.04 Å². The van der Waals surface area contributed by atoms with Gasteiger partial charge in [0.1, 0.15) is 0 Å². The third kappa shape index (κ3) is 2.62. The molecule has 1 saturated carbocycles. The molecule has 1 aliphatic heterocycles. The van der Waals surface area contributed by atoms with Gasteiger partial charge in [0.25, 0.3) is 0 Å². The van der Waals surface area contributed by atoms with E-state index in [1.165, 1.54) is 38.5 Å². The molecule has 1 aliphatic carbocycles. The Morgan fingerprint density at radius 2 is 1.95 bits per heavy atom. The fourth-order valence-electron chi connectivity index (χ4n) is 3.86. The maximum Gasteiger partial charge on any atom is 0.150 e. The van der Waals surface area contributed by atoms with Crippen LogP contribution in [0.1, 0.15) is 44.1 Å². The van der Waals surface area contributed by atoms with E-state index < -0.39 is 0 Å². The number of hydrogen-bond donors (Lipinski definition) is 1. The van der Waals surface area contributed by atoms with Crippen molar-refractivity contribution in [3.8, 4) is 0 Å². The van der Waals surface area contributed by atoms with Crippen molar-refractivity contribution >= 4 is 5.69 Å². The van der Waals surface area contributed by atoms with Crippen LogP contribution in [0.25, 0.3) is 0 Å². The molecule has 0 spiro atoms. The summed E-state index contributed by atoms with van der Waals surface area (Å²) in [5, 5.41) is 0. The number of benzene rings is 1. The Balaban J connectivity index is 1.76. The fourth-order valence-corrected chi connectivity index (χ4v) is 3.86. The van der Waals surface area contributed by atoms with Gasteiger partial charge < -0.3 is 5.73 Å². The predicted octanol–water partition coefficient (Wildman–Crippen LogP) is 3.56. The van der Waals surface area contributed by atoms with E-state index >= 15 is 0 Å². The average molecular weight is 262 g/mol. The molecule has 3 heteroatoms. The molecule has 0 radical (unpaired) electrons. The number of halogens is 1. The average Bonchev–Trinajstić information content (AvgIpc) is 2.44. The number of nitrogen functional groups attached to an aromatic ring is 1. The number of nitrogens with two attached hydrogens (primary N) is 1. The summed E-state index contributed by atoms with van der Waals surface area (Å²) in [5.74, 6) is 0.618. The summed E-state index contributed by atoms with van der Waals surface area (Å²) in [6.45, 7) is 1.83. The van der Waals surface area contributed by atoms with Crippen LogP contribution in [-0.4, -0.2) is 17.5 Å². The van der Waals surface area contributed by atoms with Gasteiger partial charge in [-0.15, -0.1) is 0 Å². The van der Waals surface area contributed by atoms with Crippen molar-refractivity contribution in [2.24, 2.45) is 5.92 Å². The number of rotatable bonds is 2. The molecule has 1 aromatic carbocycles. The van der Waals surface area contributed by atoms with Gasteiger partial charge in [-0.1, -0.05) is 25.0 Å². The van der Waals surface area contributed by atoms with Crippen molar-refractivity contribution in [1.82, 2.24) is 4.90 Å². The quantitative estimate of drug-likeness (QED) is 0.826. The molecule has 0 aromatic heterocycles. The van der Waals surface area contributed by atoms with Gasteiger partial charge >= 0.3 is 0 Å². The van der Waals surface area contributed by atoms with E-state index in [9.17, 15) is 4.39 Å². The minimum Gasteiger partial charge on any atom is -0.396 e. The van der Waals surface area contributed by atoms with Gasteiger partial charge in [0.15, 0.2) is 5.82 Å². The second kappa shape index (κ2) is 5.49. The molecular weight excluding hydrogens is 239 g/mol. The normalized spacial score (nSPS) is 28.1. The Labute approximate surface area is 114 Å². The van der Waals surface area contributed by atoms with E-state index in [4.69, 9.17) is 5.73 Å². The number of hydrogen-bond acceptors (Lipinski definition) is 2. The van der Waals surface area contributed by atoms with Gasteiger partial charge in [0, 0.05) is 18.2 Å². The summed E-state index contributed by atoms with van der Waals surface area (Å²) >= 11 is 0. The highest BCUT2D eigenvalue weighted by Gasteiger charge is 2.33. The van der Waals surface area contributed by atoms with Crippen LogP contribution in [-0.2, 0) is 6.54 Å².